The molecule has 174 valence electrons. The van der Waals surface area contributed by atoms with E-state index >= 15 is 0 Å². The Bertz CT molecular complexity index is 1370. The third-order valence-electron chi connectivity index (χ3n) is 5.50. The molecule has 4 aromatic rings. The highest BCUT2D eigenvalue weighted by molar-refractivity contribution is 7.89. The first-order valence-electron chi connectivity index (χ1n) is 10.9. The molecule has 1 aromatic heterocycles. The summed E-state index contributed by atoms with van der Waals surface area (Å²) in [7, 11) is -3.90. The number of hydrogen-bond acceptors (Lipinski definition) is 4. The van der Waals surface area contributed by atoms with Crippen LogP contribution in [0.5, 0.6) is 0 Å². The summed E-state index contributed by atoms with van der Waals surface area (Å²) in [5, 5.41) is 3.75. The number of nitrogens with zero attached hydrogens (tertiary/aromatic N) is 2. The van der Waals surface area contributed by atoms with E-state index in [1.54, 1.807) is 34.4 Å². The molecular weight excluding hydrogens is 464 g/mol. The molecule has 5 nitrogen and oxygen atoms in total. The Kier molecular flexibility index (Phi) is 7.57. The third kappa shape index (κ3) is 5.62. The van der Waals surface area contributed by atoms with Crippen LogP contribution in [0, 0.1) is 0 Å². The Labute approximate surface area is 204 Å². The molecule has 0 unspecified atom stereocenters. The van der Waals surface area contributed by atoms with Gasteiger partial charge in [-0.2, -0.15) is 4.31 Å². The first-order valence-corrected chi connectivity index (χ1v) is 13.2. The Morgan fingerprint density at radius 2 is 1.62 bits per heavy atom. The Balaban J connectivity index is 1.60. The van der Waals surface area contributed by atoms with Gasteiger partial charge in [0.25, 0.3) is 0 Å². The topological polar surface area (TPSA) is 57.7 Å². The molecule has 0 saturated heterocycles. The standard InChI is InChI=1S/C27H26N2O3S2/c1-2-16-29(34(31,32)26-15-14-23-11-6-7-12-24(23)18-26)21-27(30)28(20-25-13-8-17-33-25)19-22-9-4-3-5-10-22/h2-15,17-18H,1,16,19-21H2. The zero-order chi connectivity index (χ0) is 24.0. The monoisotopic (exact) mass is 490 g/mol. The van der Waals surface area contributed by atoms with Crippen molar-refractivity contribution in [1.82, 2.24) is 9.21 Å². The van der Waals surface area contributed by atoms with E-state index in [4.69, 9.17) is 0 Å². The van der Waals surface area contributed by atoms with Crippen LogP contribution in [0.4, 0.5) is 0 Å². The van der Waals surface area contributed by atoms with Crippen molar-refractivity contribution in [1.29, 1.82) is 0 Å². The van der Waals surface area contributed by atoms with Crippen molar-refractivity contribution in [3.63, 3.8) is 0 Å². The Hall–Kier alpha value is -3.26. The molecule has 0 aliphatic rings. The maximum Gasteiger partial charge on any atom is 0.243 e. The van der Waals surface area contributed by atoms with Crippen molar-refractivity contribution in [2.45, 2.75) is 18.0 Å². The fourth-order valence-corrected chi connectivity index (χ4v) is 5.86. The second kappa shape index (κ2) is 10.8. The van der Waals surface area contributed by atoms with Gasteiger partial charge in [0.1, 0.15) is 0 Å². The summed E-state index contributed by atoms with van der Waals surface area (Å²) in [5.41, 5.74) is 0.986. The number of amides is 1. The summed E-state index contributed by atoms with van der Waals surface area (Å²) in [6.07, 6.45) is 1.51. The van der Waals surface area contributed by atoms with Gasteiger partial charge in [0.2, 0.25) is 15.9 Å². The molecule has 1 heterocycles. The number of carbonyl (C=O) groups excluding carboxylic acids is 1. The fourth-order valence-electron chi connectivity index (χ4n) is 3.75. The van der Waals surface area contributed by atoms with Crippen LogP contribution in [0.1, 0.15) is 10.4 Å². The molecule has 0 bridgehead atoms. The molecule has 0 atom stereocenters. The molecular formula is C27H26N2O3S2. The van der Waals surface area contributed by atoms with E-state index in [1.807, 2.05) is 72.1 Å². The minimum atomic E-state index is -3.90. The number of sulfonamides is 1. The molecule has 0 saturated carbocycles. The molecule has 0 aliphatic carbocycles. The van der Waals surface area contributed by atoms with E-state index in [0.717, 1.165) is 21.2 Å². The van der Waals surface area contributed by atoms with Gasteiger partial charge in [-0.25, -0.2) is 8.42 Å². The van der Waals surface area contributed by atoms with Gasteiger partial charge in [-0.1, -0.05) is 72.8 Å². The molecule has 34 heavy (non-hydrogen) atoms. The molecule has 4 rings (SSSR count). The van der Waals surface area contributed by atoms with Crippen molar-refractivity contribution in [3.8, 4) is 0 Å². The van der Waals surface area contributed by atoms with Crippen LogP contribution in [-0.2, 0) is 27.9 Å². The van der Waals surface area contributed by atoms with Gasteiger partial charge in [0.05, 0.1) is 18.0 Å². The lowest BCUT2D eigenvalue weighted by atomic mass is 10.1. The van der Waals surface area contributed by atoms with Crippen molar-refractivity contribution >= 4 is 38.0 Å². The highest BCUT2D eigenvalue weighted by Gasteiger charge is 2.28. The number of thiophene rings is 1. The predicted molar refractivity (Wildman–Crippen MR) is 138 cm³/mol. The molecule has 3 aromatic carbocycles. The predicted octanol–water partition coefficient (Wildman–Crippen LogP) is 5.31. The summed E-state index contributed by atoms with van der Waals surface area (Å²) in [6.45, 7) is 4.30. The van der Waals surface area contributed by atoms with Gasteiger partial charge >= 0.3 is 0 Å². The zero-order valence-corrected chi connectivity index (χ0v) is 20.3. The highest BCUT2D eigenvalue weighted by Crippen LogP contribution is 2.23. The van der Waals surface area contributed by atoms with Gasteiger partial charge in [-0.05, 0) is 39.9 Å². The second-order valence-corrected chi connectivity index (χ2v) is 10.9. The minimum absolute atomic E-state index is 0.0408. The van der Waals surface area contributed by atoms with Crippen LogP contribution in [0.15, 0.2) is 108 Å². The smallest absolute Gasteiger partial charge is 0.243 e. The van der Waals surface area contributed by atoms with Crippen LogP contribution < -0.4 is 0 Å². The van der Waals surface area contributed by atoms with Crippen LogP contribution in [0.3, 0.4) is 0 Å². The third-order valence-corrected chi connectivity index (χ3v) is 8.17. The lowest BCUT2D eigenvalue weighted by Gasteiger charge is -2.27. The first kappa shape index (κ1) is 23.9. The minimum Gasteiger partial charge on any atom is -0.332 e. The molecule has 1 amide bonds. The van der Waals surface area contributed by atoms with Gasteiger partial charge in [-0.15, -0.1) is 17.9 Å². The van der Waals surface area contributed by atoms with Crippen LogP contribution in [0.25, 0.3) is 10.8 Å². The maximum atomic E-state index is 13.5. The van der Waals surface area contributed by atoms with Gasteiger partial charge in [0.15, 0.2) is 0 Å². The number of hydrogen-bond donors (Lipinski definition) is 0. The fraction of sp³-hybridized carbons (Fsp3) is 0.148. The summed E-state index contributed by atoms with van der Waals surface area (Å²) in [4.78, 5) is 16.3. The van der Waals surface area contributed by atoms with E-state index in [2.05, 4.69) is 6.58 Å². The van der Waals surface area contributed by atoms with E-state index in [0.29, 0.717) is 13.1 Å². The molecule has 7 heteroatoms. The van der Waals surface area contributed by atoms with Crippen LogP contribution >= 0.6 is 11.3 Å². The van der Waals surface area contributed by atoms with E-state index < -0.39 is 10.0 Å². The van der Waals surface area contributed by atoms with Gasteiger partial charge < -0.3 is 4.90 Å². The van der Waals surface area contributed by atoms with Crippen molar-refractivity contribution in [2.24, 2.45) is 0 Å². The van der Waals surface area contributed by atoms with Crippen molar-refractivity contribution in [3.05, 3.63) is 113 Å². The second-order valence-electron chi connectivity index (χ2n) is 7.91. The van der Waals surface area contributed by atoms with Crippen molar-refractivity contribution < 1.29 is 13.2 Å². The van der Waals surface area contributed by atoms with Gasteiger partial charge in [-0.3, -0.25) is 4.79 Å². The van der Waals surface area contributed by atoms with E-state index in [1.165, 1.54) is 10.4 Å². The summed E-state index contributed by atoms with van der Waals surface area (Å²) in [5.74, 6) is -0.261. The summed E-state index contributed by atoms with van der Waals surface area (Å²) in [6, 6.07) is 26.2. The van der Waals surface area contributed by atoms with Gasteiger partial charge in [0, 0.05) is 18.0 Å². The van der Waals surface area contributed by atoms with Crippen molar-refractivity contribution in [2.75, 3.05) is 13.1 Å². The summed E-state index contributed by atoms with van der Waals surface area (Å²) >= 11 is 1.57. The highest BCUT2D eigenvalue weighted by atomic mass is 32.2. The summed E-state index contributed by atoms with van der Waals surface area (Å²) < 4.78 is 28.2. The lowest BCUT2D eigenvalue weighted by Crippen LogP contribution is -2.42. The zero-order valence-electron chi connectivity index (χ0n) is 18.7. The number of carbonyl (C=O) groups is 1. The Morgan fingerprint density at radius 1 is 0.882 bits per heavy atom. The normalized spacial score (nSPS) is 11.6. The average Bonchev–Trinajstić information content (AvgIpc) is 3.37. The Morgan fingerprint density at radius 3 is 2.32 bits per heavy atom. The quantitative estimate of drug-likeness (QED) is 0.283. The number of rotatable bonds is 10. The largest absolute Gasteiger partial charge is 0.332 e. The molecule has 0 spiro atoms. The van der Waals surface area contributed by atoms with E-state index in [-0.39, 0.29) is 23.9 Å². The van der Waals surface area contributed by atoms with E-state index in [9.17, 15) is 13.2 Å². The number of benzene rings is 3. The van der Waals surface area contributed by atoms with Crippen LogP contribution in [0.2, 0.25) is 0 Å². The molecule has 0 N–H and O–H groups in total. The average molecular weight is 491 g/mol. The maximum absolute atomic E-state index is 13.5. The molecule has 0 aliphatic heterocycles. The molecule has 0 radical (unpaired) electrons. The van der Waals surface area contributed by atoms with Crippen LogP contribution in [-0.4, -0.2) is 36.6 Å². The lowest BCUT2D eigenvalue weighted by molar-refractivity contribution is -0.132. The SMILES string of the molecule is C=CCN(CC(=O)N(Cc1ccccc1)Cc1cccs1)S(=O)(=O)c1ccc2ccccc2c1. The molecule has 0 fully saturated rings. The first-order chi connectivity index (χ1) is 16.5. The number of fused-ring (bicyclic) bond motifs is 1.